The van der Waals surface area contributed by atoms with Crippen molar-refractivity contribution >= 4 is 18.5 Å². The molecule has 186 valence electrons. The fourth-order valence-corrected chi connectivity index (χ4v) is 3.97. The first kappa shape index (κ1) is 27.7. The minimum atomic E-state index is -4.62. The van der Waals surface area contributed by atoms with Crippen LogP contribution in [0, 0.1) is 0 Å². The Labute approximate surface area is 197 Å². The molecule has 4 nitrogen and oxygen atoms in total. The molecule has 1 unspecified atom stereocenters. The van der Waals surface area contributed by atoms with E-state index in [1.165, 1.54) is 12.1 Å². The topological polar surface area (TPSA) is 38.8 Å². The Morgan fingerprint density at radius 3 is 2.06 bits per heavy atom. The van der Waals surface area contributed by atoms with E-state index in [1.807, 2.05) is 20.8 Å². The van der Waals surface area contributed by atoms with Crippen LogP contribution < -0.4 is 5.46 Å². The van der Waals surface area contributed by atoms with Gasteiger partial charge in [-0.25, -0.2) is 0 Å². The Kier molecular flexibility index (Phi) is 10.3. The van der Waals surface area contributed by atoms with Crippen LogP contribution in [-0.2, 0) is 15.5 Å². The largest absolute Gasteiger partial charge is 0.494 e. The summed E-state index contributed by atoms with van der Waals surface area (Å²) in [4.78, 5) is 15.0. The number of nitrogens with zero attached hydrogens (tertiary/aromatic N) is 1. The standard InChI is InChI=1S/C25H39BF3NO3/c1-6-8-10-12-16-30(17-13-11-9-7-2)23(31)21-18-20(14-15-22(21)25(27,28)29)26-32-19(3)24(4,5)33-26/h14-15,18-19H,6-13,16-17H2,1-5H3. The van der Waals surface area contributed by atoms with Gasteiger partial charge in [0, 0.05) is 13.1 Å². The summed E-state index contributed by atoms with van der Waals surface area (Å²) in [5, 5.41) is 0. The summed E-state index contributed by atoms with van der Waals surface area (Å²) in [5.74, 6) is -0.567. The summed E-state index contributed by atoms with van der Waals surface area (Å²) in [6.45, 7) is 10.8. The summed E-state index contributed by atoms with van der Waals surface area (Å²) >= 11 is 0. The highest BCUT2D eigenvalue weighted by molar-refractivity contribution is 6.62. The maximum Gasteiger partial charge on any atom is 0.494 e. The highest BCUT2D eigenvalue weighted by Gasteiger charge is 2.45. The monoisotopic (exact) mass is 469 g/mol. The molecule has 0 saturated carbocycles. The first-order valence-electron chi connectivity index (χ1n) is 12.3. The van der Waals surface area contributed by atoms with Gasteiger partial charge in [0.15, 0.2) is 0 Å². The molecule has 1 heterocycles. The maximum absolute atomic E-state index is 13.8. The minimum Gasteiger partial charge on any atom is -0.402 e. The zero-order chi connectivity index (χ0) is 24.6. The van der Waals surface area contributed by atoms with Gasteiger partial charge in [-0.05, 0) is 51.2 Å². The van der Waals surface area contributed by atoms with Crippen molar-refractivity contribution in [1.82, 2.24) is 4.90 Å². The number of amides is 1. The number of unbranched alkanes of at least 4 members (excludes halogenated alkanes) is 6. The highest BCUT2D eigenvalue weighted by Crippen LogP contribution is 2.33. The second kappa shape index (κ2) is 12.3. The Hall–Kier alpha value is -1.54. The molecule has 0 aromatic heterocycles. The third kappa shape index (κ3) is 7.74. The lowest BCUT2D eigenvalue weighted by atomic mass is 9.77. The third-order valence-corrected chi connectivity index (χ3v) is 6.42. The number of carbonyl (C=O) groups is 1. The van der Waals surface area contributed by atoms with E-state index in [4.69, 9.17) is 9.31 Å². The van der Waals surface area contributed by atoms with Crippen molar-refractivity contribution in [3.8, 4) is 0 Å². The molecule has 0 spiro atoms. The molecular formula is C25H39BF3NO3. The van der Waals surface area contributed by atoms with Gasteiger partial charge in [-0.2, -0.15) is 13.2 Å². The summed E-state index contributed by atoms with van der Waals surface area (Å²) in [5.41, 5.74) is -1.37. The number of hydrogen-bond donors (Lipinski definition) is 0. The van der Waals surface area contributed by atoms with Crippen molar-refractivity contribution in [2.75, 3.05) is 13.1 Å². The van der Waals surface area contributed by atoms with Crippen LogP contribution in [0.1, 0.15) is 102 Å². The lowest BCUT2D eigenvalue weighted by Crippen LogP contribution is -2.38. The summed E-state index contributed by atoms with van der Waals surface area (Å²) in [6, 6.07) is 3.65. The molecule has 1 amide bonds. The molecule has 0 radical (unpaired) electrons. The normalized spacial score (nSPS) is 18.1. The number of alkyl halides is 3. The average molecular weight is 469 g/mol. The van der Waals surface area contributed by atoms with Crippen LogP contribution in [0.2, 0.25) is 0 Å². The molecule has 1 aliphatic rings. The van der Waals surface area contributed by atoms with Crippen LogP contribution in [-0.4, -0.2) is 42.7 Å². The van der Waals surface area contributed by atoms with Gasteiger partial charge in [-0.15, -0.1) is 0 Å². The predicted octanol–water partition coefficient (Wildman–Crippen LogP) is 6.22. The molecule has 1 atom stereocenters. The fourth-order valence-electron chi connectivity index (χ4n) is 3.97. The van der Waals surface area contributed by atoms with Crippen LogP contribution in [0.4, 0.5) is 13.2 Å². The molecule has 1 aliphatic heterocycles. The Balaban J connectivity index is 2.33. The van der Waals surface area contributed by atoms with Gasteiger partial charge in [-0.3, -0.25) is 4.79 Å². The van der Waals surface area contributed by atoms with Gasteiger partial charge < -0.3 is 14.2 Å². The van der Waals surface area contributed by atoms with Crippen LogP contribution in [0.5, 0.6) is 0 Å². The van der Waals surface area contributed by atoms with E-state index in [0.717, 1.165) is 57.4 Å². The van der Waals surface area contributed by atoms with E-state index in [9.17, 15) is 18.0 Å². The zero-order valence-electron chi connectivity index (χ0n) is 20.8. The minimum absolute atomic E-state index is 0.224. The average Bonchev–Trinajstić information content (AvgIpc) is 3.03. The Morgan fingerprint density at radius 2 is 1.61 bits per heavy atom. The Bertz CT molecular complexity index is 758. The van der Waals surface area contributed by atoms with E-state index >= 15 is 0 Å². The molecule has 1 fully saturated rings. The summed E-state index contributed by atoms with van der Waals surface area (Å²) in [6.07, 6.45) is 2.85. The van der Waals surface area contributed by atoms with Crippen molar-refractivity contribution in [2.24, 2.45) is 0 Å². The van der Waals surface area contributed by atoms with Gasteiger partial charge in [0.2, 0.25) is 0 Å². The molecule has 1 aromatic carbocycles. The van der Waals surface area contributed by atoms with Crippen molar-refractivity contribution in [3.63, 3.8) is 0 Å². The van der Waals surface area contributed by atoms with Crippen LogP contribution in [0.3, 0.4) is 0 Å². The van der Waals surface area contributed by atoms with E-state index < -0.39 is 30.4 Å². The summed E-state index contributed by atoms with van der Waals surface area (Å²) in [7, 11) is -0.800. The zero-order valence-corrected chi connectivity index (χ0v) is 20.8. The number of rotatable bonds is 12. The first-order chi connectivity index (χ1) is 15.5. The van der Waals surface area contributed by atoms with Crippen molar-refractivity contribution in [1.29, 1.82) is 0 Å². The SMILES string of the molecule is CCCCCCN(CCCCCC)C(=O)c1cc(B2OC(C)C(C)(C)O2)ccc1C(F)(F)F. The van der Waals surface area contributed by atoms with E-state index in [-0.39, 0.29) is 11.7 Å². The first-order valence-corrected chi connectivity index (χ1v) is 12.3. The number of benzene rings is 1. The lowest BCUT2D eigenvalue weighted by Gasteiger charge is -2.25. The molecule has 2 rings (SSSR count). The molecule has 0 bridgehead atoms. The van der Waals surface area contributed by atoms with Crippen LogP contribution in [0.15, 0.2) is 18.2 Å². The van der Waals surface area contributed by atoms with Gasteiger partial charge in [0.1, 0.15) is 0 Å². The molecule has 8 heteroatoms. The molecule has 33 heavy (non-hydrogen) atoms. The molecule has 1 saturated heterocycles. The van der Waals surface area contributed by atoms with Crippen molar-refractivity contribution < 1.29 is 27.3 Å². The molecule has 1 aromatic rings. The van der Waals surface area contributed by atoms with Crippen LogP contribution >= 0.6 is 0 Å². The molecule has 0 N–H and O–H groups in total. The van der Waals surface area contributed by atoms with Crippen LogP contribution in [0.25, 0.3) is 0 Å². The highest BCUT2D eigenvalue weighted by atomic mass is 19.4. The van der Waals surface area contributed by atoms with E-state index in [1.54, 1.807) is 4.90 Å². The van der Waals surface area contributed by atoms with Gasteiger partial charge in [0.05, 0.1) is 22.8 Å². The third-order valence-electron chi connectivity index (χ3n) is 6.42. The van der Waals surface area contributed by atoms with Gasteiger partial charge in [-0.1, -0.05) is 58.4 Å². The lowest BCUT2D eigenvalue weighted by molar-refractivity contribution is -0.138. The van der Waals surface area contributed by atoms with Crippen molar-refractivity contribution in [3.05, 3.63) is 29.3 Å². The number of carbonyl (C=O) groups excluding carboxylic acids is 1. The van der Waals surface area contributed by atoms with Gasteiger partial charge in [0.25, 0.3) is 5.91 Å². The predicted molar refractivity (Wildman–Crippen MR) is 127 cm³/mol. The quantitative estimate of drug-likeness (QED) is 0.270. The van der Waals surface area contributed by atoms with E-state index in [0.29, 0.717) is 18.6 Å². The molecular weight excluding hydrogens is 430 g/mol. The summed E-state index contributed by atoms with van der Waals surface area (Å²) < 4.78 is 53.3. The smallest absolute Gasteiger partial charge is 0.402 e. The Morgan fingerprint density at radius 1 is 1.03 bits per heavy atom. The molecule has 0 aliphatic carbocycles. The number of hydrogen-bond acceptors (Lipinski definition) is 3. The fraction of sp³-hybridized carbons (Fsp3) is 0.720. The van der Waals surface area contributed by atoms with E-state index in [2.05, 4.69) is 13.8 Å². The second-order valence-electron chi connectivity index (χ2n) is 9.55. The maximum atomic E-state index is 13.8. The number of halogens is 3. The van der Waals surface area contributed by atoms with Gasteiger partial charge >= 0.3 is 13.3 Å². The second-order valence-corrected chi connectivity index (χ2v) is 9.55. The van der Waals surface area contributed by atoms with Crippen molar-refractivity contribution in [2.45, 2.75) is 104 Å².